The Morgan fingerprint density at radius 2 is 1.84 bits per heavy atom. The maximum absolute atomic E-state index is 13.0. The zero-order chi connectivity index (χ0) is 23.3. The third kappa shape index (κ3) is 5.31. The van der Waals surface area contributed by atoms with E-state index in [-0.39, 0.29) is 5.91 Å². The Kier molecular flexibility index (Phi) is 7.58. The number of carbonyl (C=O) groups is 2. The van der Waals surface area contributed by atoms with Gasteiger partial charge < -0.3 is 14.6 Å². The number of likely N-dealkylation sites (N-methyl/N-ethyl adjacent to an activating group) is 1. The molecule has 0 spiro atoms. The number of aryl methyl sites for hydroxylation is 2. The minimum absolute atomic E-state index is 0.105. The highest BCUT2D eigenvalue weighted by Crippen LogP contribution is 2.36. The summed E-state index contributed by atoms with van der Waals surface area (Å²) in [7, 11) is 0. The number of aliphatic carboxylic acids is 1. The zero-order valence-corrected chi connectivity index (χ0v) is 19.4. The first-order valence-corrected chi connectivity index (χ1v) is 11.1. The van der Waals surface area contributed by atoms with Crippen molar-refractivity contribution >= 4 is 40.6 Å². The molecule has 0 atom stereocenters. The van der Waals surface area contributed by atoms with Crippen molar-refractivity contribution < 1.29 is 24.2 Å². The number of thioether (sulfide) groups is 1. The van der Waals surface area contributed by atoms with Crippen LogP contribution in [0.2, 0.25) is 0 Å². The lowest BCUT2D eigenvalue weighted by atomic mass is 10.1. The van der Waals surface area contributed by atoms with Crippen molar-refractivity contribution in [1.29, 1.82) is 0 Å². The predicted molar refractivity (Wildman–Crippen MR) is 127 cm³/mol. The Bertz CT molecular complexity index is 1070. The highest BCUT2D eigenvalue weighted by Gasteiger charge is 2.32. The highest BCUT2D eigenvalue weighted by atomic mass is 32.2. The Morgan fingerprint density at radius 3 is 2.47 bits per heavy atom. The number of amidine groups is 1. The number of carboxylic acids is 1. The first-order chi connectivity index (χ1) is 15.3. The molecule has 2 aromatic carbocycles. The molecule has 1 N–H and O–H groups in total. The van der Waals surface area contributed by atoms with E-state index < -0.39 is 12.6 Å². The van der Waals surface area contributed by atoms with Gasteiger partial charge in [0, 0.05) is 6.54 Å². The van der Waals surface area contributed by atoms with Crippen molar-refractivity contribution in [2.75, 3.05) is 19.8 Å². The number of para-hydroxylation sites is 1. The van der Waals surface area contributed by atoms with Gasteiger partial charge in [-0.15, -0.1) is 0 Å². The summed E-state index contributed by atoms with van der Waals surface area (Å²) in [4.78, 5) is 30.8. The number of rotatable bonds is 8. The van der Waals surface area contributed by atoms with Gasteiger partial charge in [-0.3, -0.25) is 9.69 Å². The van der Waals surface area contributed by atoms with Crippen LogP contribution < -0.4 is 9.47 Å². The van der Waals surface area contributed by atoms with E-state index in [2.05, 4.69) is 0 Å². The predicted octanol–water partition coefficient (Wildman–Crippen LogP) is 4.79. The summed E-state index contributed by atoms with van der Waals surface area (Å²) < 4.78 is 10.9. The Morgan fingerprint density at radius 1 is 1.12 bits per heavy atom. The minimum Gasteiger partial charge on any atom is -0.490 e. The first-order valence-electron chi connectivity index (χ1n) is 10.3. The second-order valence-corrected chi connectivity index (χ2v) is 8.13. The zero-order valence-electron chi connectivity index (χ0n) is 18.5. The maximum atomic E-state index is 13.0. The number of amides is 1. The van der Waals surface area contributed by atoms with Crippen LogP contribution in [0.25, 0.3) is 6.08 Å². The van der Waals surface area contributed by atoms with Gasteiger partial charge in [-0.05, 0) is 74.4 Å². The molecule has 1 aliphatic heterocycles. The fourth-order valence-corrected chi connectivity index (χ4v) is 4.29. The molecule has 1 saturated heterocycles. The first kappa shape index (κ1) is 23.4. The third-order valence-electron chi connectivity index (χ3n) is 4.77. The summed E-state index contributed by atoms with van der Waals surface area (Å²) in [5.74, 6) is -0.404. The molecule has 0 saturated carbocycles. The van der Waals surface area contributed by atoms with Crippen molar-refractivity contribution in [2.45, 2.75) is 27.7 Å². The summed E-state index contributed by atoms with van der Waals surface area (Å²) >= 11 is 1.33. The van der Waals surface area contributed by atoms with E-state index in [0.29, 0.717) is 34.7 Å². The van der Waals surface area contributed by atoms with Crippen LogP contribution >= 0.6 is 11.8 Å². The monoisotopic (exact) mass is 454 g/mol. The lowest BCUT2D eigenvalue weighted by Gasteiger charge is -2.13. The van der Waals surface area contributed by atoms with Gasteiger partial charge >= 0.3 is 5.97 Å². The van der Waals surface area contributed by atoms with Gasteiger partial charge in [-0.2, -0.15) is 0 Å². The standard InChI is InChI=1S/C24H26N2O5S/c1-5-26-23(29)20(32-24(26)25-22-15(3)8-7-9-16(22)4)13-17-10-11-18(31-14-21(27)28)19(12-17)30-6-2/h7-13H,5-6,14H2,1-4H3,(H,27,28)/b20-13+,25-24?. The van der Waals surface area contributed by atoms with Gasteiger partial charge in [0.2, 0.25) is 0 Å². The van der Waals surface area contributed by atoms with Gasteiger partial charge in [0.25, 0.3) is 5.91 Å². The molecular formula is C24H26N2O5S. The molecule has 8 heteroatoms. The molecule has 1 fully saturated rings. The van der Waals surface area contributed by atoms with Gasteiger partial charge in [0.15, 0.2) is 23.3 Å². The number of nitrogens with zero attached hydrogens (tertiary/aromatic N) is 2. The molecule has 0 unspecified atom stereocenters. The van der Waals surface area contributed by atoms with Crippen LogP contribution in [-0.4, -0.2) is 46.8 Å². The number of carbonyl (C=O) groups excluding carboxylic acids is 1. The molecule has 7 nitrogen and oxygen atoms in total. The normalized spacial score (nSPS) is 16.1. The number of carboxylic acid groups (broad SMARTS) is 1. The van der Waals surface area contributed by atoms with E-state index in [1.807, 2.05) is 45.9 Å². The van der Waals surface area contributed by atoms with Crippen LogP contribution in [-0.2, 0) is 9.59 Å². The topological polar surface area (TPSA) is 88.4 Å². The molecule has 1 amide bonds. The van der Waals surface area contributed by atoms with E-state index in [0.717, 1.165) is 22.4 Å². The largest absolute Gasteiger partial charge is 0.490 e. The van der Waals surface area contributed by atoms with Gasteiger partial charge in [0.1, 0.15) is 0 Å². The molecule has 0 radical (unpaired) electrons. The molecule has 1 heterocycles. The summed E-state index contributed by atoms with van der Waals surface area (Å²) in [5, 5.41) is 9.50. The van der Waals surface area contributed by atoms with Crippen LogP contribution in [0.15, 0.2) is 46.3 Å². The van der Waals surface area contributed by atoms with Crippen molar-refractivity contribution in [1.82, 2.24) is 4.90 Å². The van der Waals surface area contributed by atoms with Crippen molar-refractivity contribution in [2.24, 2.45) is 4.99 Å². The van der Waals surface area contributed by atoms with Crippen molar-refractivity contribution in [3.05, 3.63) is 58.0 Å². The minimum atomic E-state index is -1.07. The van der Waals surface area contributed by atoms with E-state index >= 15 is 0 Å². The summed E-state index contributed by atoms with van der Waals surface area (Å²) in [6, 6.07) is 11.1. The number of aliphatic imine (C=N–C) groups is 1. The molecule has 3 rings (SSSR count). The second kappa shape index (κ2) is 10.4. The van der Waals surface area contributed by atoms with Gasteiger partial charge in [-0.25, -0.2) is 9.79 Å². The molecule has 0 aliphatic carbocycles. The molecular weight excluding hydrogens is 428 g/mol. The lowest BCUT2D eigenvalue weighted by molar-refractivity contribution is -0.139. The number of hydrogen-bond acceptors (Lipinski definition) is 6. The Hall–Kier alpha value is -3.26. The average Bonchev–Trinajstić information content (AvgIpc) is 3.04. The number of ether oxygens (including phenoxy) is 2. The van der Waals surface area contributed by atoms with Crippen molar-refractivity contribution in [3.8, 4) is 11.5 Å². The van der Waals surface area contributed by atoms with Crippen LogP contribution in [0.5, 0.6) is 11.5 Å². The van der Waals surface area contributed by atoms with Crippen LogP contribution in [0.1, 0.15) is 30.5 Å². The molecule has 0 bridgehead atoms. The molecule has 1 aliphatic rings. The number of benzene rings is 2. The Balaban J connectivity index is 1.93. The molecule has 2 aromatic rings. The van der Waals surface area contributed by atoms with E-state index in [1.165, 1.54) is 11.8 Å². The van der Waals surface area contributed by atoms with Gasteiger partial charge in [0.05, 0.1) is 17.2 Å². The van der Waals surface area contributed by atoms with E-state index in [1.54, 1.807) is 29.2 Å². The fraction of sp³-hybridized carbons (Fsp3) is 0.292. The van der Waals surface area contributed by atoms with Gasteiger partial charge in [-0.1, -0.05) is 24.3 Å². The van der Waals surface area contributed by atoms with Crippen LogP contribution in [0, 0.1) is 13.8 Å². The maximum Gasteiger partial charge on any atom is 0.341 e. The molecule has 168 valence electrons. The van der Waals surface area contributed by atoms with E-state index in [4.69, 9.17) is 19.6 Å². The summed E-state index contributed by atoms with van der Waals surface area (Å²) in [6.45, 7) is 8.21. The SMILES string of the molecule is CCOc1cc(/C=C2/SC(=Nc3c(C)cccc3C)N(CC)C2=O)ccc1OCC(=O)O. The second-order valence-electron chi connectivity index (χ2n) is 7.12. The quantitative estimate of drug-likeness (QED) is 0.577. The Labute approximate surface area is 191 Å². The molecule has 32 heavy (non-hydrogen) atoms. The fourth-order valence-electron chi connectivity index (χ4n) is 3.24. The molecule has 0 aromatic heterocycles. The van der Waals surface area contributed by atoms with E-state index in [9.17, 15) is 9.59 Å². The highest BCUT2D eigenvalue weighted by molar-refractivity contribution is 8.18. The van der Waals surface area contributed by atoms with Crippen molar-refractivity contribution in [3.63, 3.8) is 0 Å². The third-order valence-corrected chi connectivity index (χ3v) is 5.77. The smallest absolute Gasteiger partial charge is 0.341 e. The average molecular weight is 455 g/mol. The van der Waals surface area contributed by atoms with Crippen LogP contribution in [0.3, 0.4) is 0 Å². The lowest BCUT2D eigenvalue weighted by Crippen LogP contribution is -2.28. The van der Waals surface area contributed by atoms with Crippen LogP contribution in [0.4, 0.5) is 5.69 Å². The summed E-state index contributed by atoms with van der Waals surface area (Å²) in [6.07, 6.45) is 1.78. The number of hydrogen-bond donors (Lipinski definition) is 1. The summed E-state index contributed by atoms with van der Waals surface area (Å²) in [5.41, 5.74) is 3.73.